The van der Waals surface area contributed by atoms with Crippen LogP contribution in [0.15, 0.2) is 24.3 Å². The average molecular weight is 240 g/mol. The highest BCUT2D eigenvalue weighted by molar-refractivity contribution is 5.97. The van der Waals surface area contributed by atoms with Crippen LogP contribution in [0.1, 0.15) is 48.6 Å². The summed E-state index contributed by atoms with van der Waals surface area (Å²) in [6, 6.07) is 8.07. The average Bonchev–Trinajstić information content (AvgIpc) is 3.02. The number of ketones is 2. The van der Waals surface area contributed by atoms with Crippen LogP contribution in [0.4, 0.5) is 0 Å². The van der Waals surface area contributed by atoms with Gasteiger partial charge < -0.3 is 0 Å². The smallest absolute Gasteiger partial charge is 0.143 e. The molecule has 0 N–H and O–H groups in total. The predicted molar refractivity (Wildman–Crippen MR) is 67.4 cm³/mol. The molecule has 0 spiro atoms. The molecule has 2 nitrogen and oxygen atoms in total. The Labute approximate surface area is 106 Å². The first kappa shape index (κ1) is 10.5. The van der Waals surface area contributed by atoms with Crippen molar-refractivity contribution in [3.63, 3.8) is 0 Å². The van der Waals surface area contributed by atoms with E-state index in [9.17, 15) is 9.59 Å². The first-order chi connectivity index (χ1) is 8.75. The molecule has 18 heavy (non-hydrogen) atoms. The van der Waals surface area contributed by atoms with Crippen molar-refractivity contribution >= 4 is 11.6 Å². The maximum Gasteiger partial charge on any atom is 0.143 e. The van der Waals surface area contributed by atoms with Gasteiger partial charge in [0.1, 0.15) is 11.6 Å². The SMILES string of the molecule is O=C1C2CCC(C2)C(=O)C2CC1c1ccccc12. The van der Waals surface area contributed by atoms with Gasteiger partial charge in [0.2, 0.25) is 0 Å². The molecule has 4 atom stereocenters. The molecule has 3 aliphatic rings. The molecule has 0 heterocycles. The Balaban J connectivity index is 1.89. The van der Waals surface area contributed by atoms with E-state index < -0.39 is 0 Å². The van der Waals surface area contributed by atoms with E-state index in [1.807, 2.05) is 24.3 Å². The van der Waals surface area contributed by atoms with E-state index in [0.717, 1.165) is 36.8 Å². The van der Waals surface area contributed by atoms with Crippen LogP contribution >= 0.6 is 0 Å². The topological polar surface area (TPSA) is 34.1 Å². The van der Waals surface area contributed by atoms with Crippen molar-refractivity contribution in [2.45, 2.75) is 37.5 Å². The monoisotopic (exact) mass is 240 g/mol. The van der Waals surface area contributed by atoms with Gasteiger partial charge in [-0.3, -0.25) is 9.59 Å². The molecule has 2 heteroatoms. The number of rotatable bonds is 0. The molecule has 0 amide bonds. The number of carbonyl (C=O) groups excluding carboxylic acids is 2. The molecule has 0 saturated heterocycles. The first-order valence-electron chi connectivity index (χ1n) is 6.92. The van der Waals surface area contributed by atoms with Crippen LogP contribution in [0.25, 0.3) is 0 Å². The Hall–Kier alpha value is -1.44. The summed E-state index contributed by atoms with van der Waals surface area (Å²) in [5.41, 5.74) is 2.27. The van der Waals surface area contributed by atoms with Crippen LogP contribution in [0.2, 0.25) is 0 Å². The Bertz CT molecular complexity index is 499. The fourth-order valence-electron chi connectivity index (χ4n) is 4.24. The first-order valence-corrected chi connectivity index (χ1v) is 6.92. The van der Waals surface area contributed by atoms with Crippen LogP contribution in [0.3, 0.4) is 0 Å². The third kappa shape index (κ3) is 1.23. The summed E-state index contributed by atoms with van der Waals surface area (Å²) in [5.74, 6) is 1.10. The Kier molecular flexibility index (Phi) is 2.06. The van der Waals surface area contributed by atoms with E-state index in [4.69, 9.17) is 0 Å². The standard InChI is InChI=1S/C16H16O2/c17-15-9-5-6-10(7-9)16(18)14-8-13(15)11-3-1-2-4-12(11)14/h1-4,9-10,13-14H,5-8H2. The summed E-state index contributed by atoms with van der Waals surface area (Å²) in [6.45, 7) is 0. The minimum atomic E-state index is -0.000741. The van der Waals surface area contributed by atoms with Crippen LogP contribution in [0, 0.1) is 11.8 Å². The van der Waals surface area contributed by atoms with Gasteiger partial charge in [-0.2, -0.15) is 0 Å². The van der Waals surface area contributed by atoms with Crippen molar-refractivity contribution in [2.24, 2.45) is 11.8 Å². The highest BCUT2D eigenvalue weighted by Gasteiger charge is 2.48. The summed E-state index contributed by atoms with van der Waals surface area (Å²) >= 11 is 0. The van der Waals surface area contributed by atoms with Gasteiger partial charge in [0.05, 0.1) is 0 Å². The van der Waals surface area contributed by atoms with Gasteiger partial charge in [0.15, 0.2) is 0 Å². The molecular formula is C16H16O2. The van der Waals surface area contributed by atoms with Gasteiger partial charge in [-0.1, -0.05) is 24.3 Å². The number of hydrogen-bond acceptors (Lipinski definition) is 2. The number of Topliss-reactive ketones (excluding diaryl/α,β-unsaturated/α-hetero) is 2. The number of carbonyl (C=O) groups is 2. The van der Waals surface area contributed by atoms with E-state index in [1.165, 1.54) is 0 Å². The molecule has 92 valence electrons. The van der Waals surface area contributed by atoms with Crippen molar-refractivity contribution in [1.82, 2.24) is 0 Å². The van der Waals surface area contributed by atoms with Gasteiger partial charge in [-0.15, -0.1) is 0 Å². The van der Waals surface area contributed by atoms with Crippen molar-refractivity contribution < 1.29 is 9.59 Å². The van der Waals surface area contributed by atoms with E-state index in [0.29, 0.717) is 11.6 Å². The van der Waals surface area contributed by atoms with Crippen LogP contribution < -0.4 is 0 Å². The lowest BCUT2D eigenvalue weighted by molar-refractivity contribution is -0.127. The molecule has 0 aliphatic heterocycles. The Morgan fingerprint density at radius 2 is 1.28 bits per heavy atom. The quantitative estimate of drug-likeness (QED) is 0.698. The zero-order valence-electron chi connectivity index (χ0n) is 10.3. The molecule has 2 fully saturated rings. The molecule has 0 radical (unpaired) electrons. The van der Waals surface area contributed by atoms with Crippen molar-refractivity contribution in [3.8, 4) is 0 Å². The second kappa shape index (κ2) is 3.53. The summed E-state index contributed by atoms with van der Waals surface area (Å²) in [4.78, 5) is 25.1. The molecule has 4 bridgehead atoms. The molecule has 1 aromatic rings. The highest BCUT2D eigenvalue weighted by atomic mass is 16.1. The van der Waals surface area contributed by atoms with Gasteiger partial charge >= 0.3 is 0 Å². The minimum Gasteiger partial charge on any atom is -0.299 e. The second-order valence-electron chi connectivity index (χ2n) is 5.98. The Morgan fingerprint density at radius 1 is 0.778 bits per heavy atom. The zero-order valence-corrected chi connectivity index (χ0v) is 10.3. The molecule has 0 aromatic heterocycles. The molecular weight excluding hydrogens is 224 g/mol. The Morgan fingerprint density at radius 3 is 1.78 bits per heavy atom. The highest BCUT2D eigenvalue weighted by Crippen LogP contribution is 2.50. The molecule has 4 unspecified atom stereocenters. The number of hydrogen-bond donors (Lipinski definition) is 0. The van der Waals surface area contributed by atoms with Crippen molar-refractivity contribution in [1.29, 1.82) is 0 Å². The van der Waals surface area contributed by atoms with E-state index >= 15 is 0 Å². The summed E-state index contributed by atoms with van der Waals surface area (Å²) in [7, 11) is 0. The largest absolute Gasteiger partial charge is 0.299 e. The number of fused-ring (bicyclic) bond motifs is 7. The lowest BCUT2D eigenvalue weighted by Crippen LogP contribution is -2.25. The fourth-order valence-corrected chi connectivity index (χ4v) is 4.24. The number of benzene rings is 1. The second-order valence-corrected chi connectivity index (χ2v) is 5.98. The molecule has 2 saturated carbocycles. The normalized spacial score (nSPS) is 37.3. The molecule has 3 aliphatic carbocycles. The predicted octanol–water partition coefficient (Wildman–Crippen LogP) is 2.83. The van der Waals surface area contributed by atoms with Crippen molar-refractivity contribution in [2.75, 3.05) is 0 Å². The van der Waals surface area contributed by atoms with Crippen LogP contribution in [0.5, 0.6) is 0 Å². The fraction of sp³-hybridized carbons (Fsp3) is 0.500. The van der Waals surface area contributed by atoms with Gasteiger partial charge in [-0.25, -0.2) is 0 Å². The van der Waals surface area contributed by atoms with Crippen LogP contribution in [-0.2, 0) is 9.59 Å². The van der Waals surface area contributed by atoms with Crippen LogP contribution in [-0.4, -0.2) is 11.6 Å². The minimum absolute atomic E-state index is 0.000741. The molecule has 4 rings (SSSR count). The van der Waals surface area contributed by atoms with Gasteiger partial charge in [0, 0.05) is 23.7 Å². The lowest BCUT2D eigenvalue weighted by Gasteiger charge is -2.20. The zero-order chi connectivity index (χ0) is 12.3. The summed E-state index contributed by atoms with van der Waals surface area (Å²) < 4.78 is 0. The maximum absolute atomic E-state index is 12.6. The lowest BCUT2D eigenvalue weighted by atomic mass is 9.81. The van der Waals surface area contributed by atoms with E-state index in [2.05, 4.69) is 0 Å². The third-order valence-electron chi connectivity index (χ3n) is 5.14. The summed E-state index contributed by atoms with van der Waals surface area (Å²) in [5, 5.41) is 0. The third-order valence-corrected chi connectivity index (χ3v) is 5.14. The van der Waals surface area contributed by atoms with Gasteiger partial charge in [0.25, 0.3) is 0 Å². The van der Waals surface area contributed by atoms with Crippen molar-refractivity contribution in [3.05, 3.63) is 35.4 Å². The van der Waals surface area contributed by atoms with E-state index in [-0.39, 0.29) is 23.7 Å². The molecule has 1 aromatic carbocycles. The maximum atomic E-state index is 12.6. The van der Waals surface area contributed by atoms with Gasteiger partial charge in [-0.05, 0) is 36.8 Å². The van der Waals surface area contributed by atoms with E-state index in [1.54, 1.807) is 0 Å². The summed E-state index contributed by atoms with van der Waals surface area (Å²) in [6.07, 6.45) is 3.42.